The lowest BCUT2D eigenvalue weighted by molar-refractivity contribution is 0.617. The van der Waals surface area contributed by atoms with E-state index < -0.39 is 5.56 Å². The van der Waals surface area contributed by atoms with Crippen LogP contribution in [0, 0.1) is 17.1 Å². The molecule has 1 aromatic carbocycles. The number of aromatic amines is 1. The molecule has 0 saturated carbocycles. The Kier molecular flexibility index (Phi) is 4.59. The summed E-state index contributed by atoms with van der Waals surface area (Å²) in [5.41, 5.74) is 2.81. The normalized spacial score (nSPS) is 15.8. The van der Waals surface area contributed by atoms with Gasteiger partial charge in [0.05, 0.1) is 17.9 Å². The van der Waals surface area contributed by atoms with Crippen molar-refractivity contribution in [3.05, 3.63) is 88.1 Å². The highest BCUT2D eigenvalue weighted by Gasteiger charge is 2.28. The summed E-state index contributed by atoms with van der Waals surface area (Å²) in [5, 5.41) is 14.6. The number of imidazole rings is 1. The van der Waals surface area contributed by atoms with Crippen LogP contribution in [0.3, 0.4) is 0 Å². The summed E-state index contributed by atoms with van der Waals surface area (Å²) in [6, 6.07) is 17.6. The van der Waals surface area contributed by atoms with Crippen molar-refractivity contribution in [2.75, 3.05) is 11.4 Å². The number of nitrogens with one attached hydrogen (secondary N) is 1. The zero-order valence-electron chi connectivity index (χ0n) is 17.9. The van der Waals surface area contributed by atoms with Gasteiger partial charge in [-0.15, -0.1) is 5.10 Å². The van der Waals surface area contributed by atoms with E-state index in [-0.39, 0.29) is 17.4 Å². The molecule has 5 heterocycles. The molecule has 1 saturated heterocycles. The topological polar surface area (TPSA) is 103 Å². The van der Waals surface area contributed by atoms with E-state index in [2.05, 4.69) is 19.9 Å². The molecule has 166 valence electrons. The van der Waals surface area contributed by atoms with Gasteiger partial charge < -0.3 is 9.88 Å². The Morgan fingerprint density at radius 2 is 2.06 bits per heavy atom. The maximum Gasteiger partial charge on any atom is 0.267 e. The Morgan fingerprint density at radius 3 is 2.91 bits per heavy atom. The minimum atomic E-state index is -0.476. The van der Waals surface area contributed by atoms with Gasteiger partial charge in [-0.2, -0.15) is 5.26 Å². The molecule has 1 N–H and O–H groups in total. The van der Waals surface area contributed by atoms with Crippen LogP contribution in [-0.4, -0.2) is 31.1 Å². The van der Waals surface area contributed by atoms with Gasteiger partial charge in [-0.05, 0) is 60.9 Å². The van der Waals surface area contributed by atoms with Crippen LogP contribution in [0.25, 0.3) is 28.1 Å². The van der Waals surface area contributed by atoms with E-state index >= 15 is 0 Å². The average molecular weight is 451 g/mol. The molecule has 0 aliphatic carbocycles. The van der Waals surface area contributed by atoms with Crippen molar-refractivity contribution in [2.24, 2.45) is 0 Å². The number of aromatic nitrogens is 5. The summed E-state index contributed by atoms with van der Waals surface area (Å²) in [6.07, 6.45) is 3.60. The van der Waals surface area contributed by atoms with Crippen LogP contribution in [0.2, 0.25) is 0 Å². The third kappa shape index (κ3) is 3.28. The van der Waals surface area contributed by atoms with Gasteiger partial charge >= 0.3 is 0 Å². The molecule has 0 bridgehead atoms. The van der Waals surface area contributed by atoms with Crippen LogP contribution >= 0.6 is 0 Å². The Balaban J connectivity index is 1.42. The lowest BCUT2D eigenvalue weighted by atomic mass is 10.0. The molecule has 1 unspecified atom stereocenters. The first-order valence-corrected chi connectivity index (χ1v) is 10.9. The van der Waals surface area contributed by atoms with Gasteiger partial charge in [0, 0.05) is 11.9 Å². The number of fused-ring (bicyclic) bond motifs is 2. The Labute approximate surface area is 192 Å². The average Bonchev–Trinajstić information content (AvgIpc) is 3.50. The lowest BCUT2D eigenvalue weighted by Crippen LogP contribution is -2.24. The first-order valence-electron chi connectivity index (χ1n) is 10.9. The van der Waals surface area contributed by atoms with Crippen LogP contribution in [0.1, 0.15) is 30.0 Å². The molecule has 0 spiro atoms. The van der Waals surface area contributed by atoms with Crippen LogP contribution in [-0.2, 0) is 0 Å². The molecule has 1 aliphatic heterocycles. The van der Waals surface area contributed by atoms with E-state index in [1.54, 1.807) is 28.9 Å². The van der Waals surface area contributed by atoms with E-state index in [0.717, 1.165) is 30.8 Å². The number of halogens is 1. The molecular formula is C25H18FN7O. The van der Waals surface area contributed by atoms with Gasteiger partial charge in [-0.25, -0.2) is 18.9 Å². The first-order chi connectivity index (χ1) is 16.6. The van der Waals surface area contributed by atoms with Crippen molar-refractivity contribution in [1.29, 1.82) is 5.26 Å². The van der Waals surface area contributed by atoms with Crippen LogP contribution in [0.15, 0.2) is 65.6 Å². The Morgan fingerprint density at radius 1 is 1.15 bits per heavy atom. The van der Waals surface area contributed by atoms with Crippen molar-refractivity contribution in [3.8, 4) is 17.5 Å². The summed E-state index contributed by atoms with van der Waals surface area (Å²) in [4.78, 5) is 25.9. The molecule has 8 nitrogen and oxygen atoms in total. The molecule has 9 heteroatoms. The van der Waals surface area contributed by atoms with Crippen LogP contribution in [0.5, 0.6) is 0 Å². The summed E-state index contributed by atoms with van der Waals surface area (Å²) in [5.74, 6) is 0.526. The first kappa shape index (κ1) is 20.1. The van der Waals surface area contributed by atoms with Gasteiger partial charge in [0.15, 0.2) is 5.65 Å². The fraction of sp³-hybridized carbons (Fsp3) is 0.160. The van der Waals surface area contributed by atoms with Gasteiger partial charge in [0.25, 0.3) is 5.56 Å². The number of nitrogens with zero attached hydrogens (tertiary/aromatic N) is 6. The predicted octanol–water partition coefficient (Wildman–Crippen LogP) is 3.99. The van der Waals surface area contributed by atoms with Crippen molar-refractivity contribution in [3.63, 3.8) is 0 Å². The number of H-pyrrole nitrogens is 1. The molecule has 1 atom stereocenters. The van der Waals surface area contributed by atoms with E-state index in [9.17, 15) is 9.18 Å². The minimum Gasteiger partial charge on any atom is -0.348 e. The predicted molar refractivity (Wildman–Crippen MR) is 125 cm³/mol. The second kappa shape index (κ2) is 7.78. The molecule has 0 radical (unpaired) electrons. The summed E-state index contributed by atoms with van der Waals surface area (Å²) in [7, 11) is 0. The molecular weight excluding hydrogens is 433 g/mol. The second-order valence-corrected chi connectivity index (χ2v) is 8.27. The van der Waals surface area contributed by atoms with Crippen molar-refractivity contribution >= 4 is 22.5 Å². The monoisotopic (exact) mass is 451 g/mol. The molecule has 4 aromatic heterocycles. The number of anilines is 1. The van der Waals surface area contributed by atoms with Gasteiger partial charge in [0.1, 0.15) is 34.6 Å². The van der Waals surface area contributed by atoms with Gasteiger partial charge in [-0.1, -0.05) is 12.1 Å². The number of rotatable bonds is 3. The number of nitriles is 1. The molecule has 1 fully saturated rings. The maximum atomic E-state index is 13.8. The van der Waals surface area contributed by atoms with Crippen molar-refractivity contribution < 1.29 is 4.39 Å². The minimum absolute atomic E-state index is 0.0432. The molecule has 34 heavy (non-hydrogen) atoms. The third-order valence-electron chi connectivity index (χ3n) is 6.21. The fourth-order valence-corrected chi connectivity index (χ4v) is 4.60. The van der Waals surface area contributed by atoms with E-state index in [1.807, 2.05) is 30.3 Å². The Hall–Kier alpha value is -4.58. The number of benzene rings is 1. The van der Waals surface area contributed by atoms with E-state index in [0.29, 0.717) is 28.1 Å². The van der Waals surface area contributed by atoms with Crippen molar-refractivity contribution in [1.82, 2.24) is 24.6 Å². The number of pyridine rings is 2. The van der Waals surface area contributed by atoms with E-state index in [1.165, 1.54) is 12.1 Å². The second-order valence-electron chi connectivity index (χ2n) is 8.27. The summed E-state index contributed by atoms with van der Waals surface area (Å²) >= 11 is 0. The highest BCUT2D eigenvalue weighted by Crippen LogP contribution is 2.35. The highest BCUT2D eigenvalue weighted by atomic mass is 19.1. The van der Waals surface area contributed by atoms with Gasteiger partial charge in [0.2, 0.25) is 0 Å². The molecule has 5 aromatic rings. The standard InChI is InChI=1S/C25H18FN7O/c26-18-4-1-3-15(12-18)20-5-2-10-32(20)23-9-8-22-28-14-21(33(22)31-23)19-7-6-16-11-17(13-27)25(34)30-24(16)29-19/h1,3-4,6-9,11-12,14,20H,2,5,10H2,(H,29,30,34). The number of hydrogen-bond donors (Lipinski definition) is 1. The zero-order chi connectivity index (χ0) is 23.2. The highest BCUT2D eigenvalue weighted by molar-refractivity contribution is 5.79. The lowest BCUT2D eigenvalue weighted by Gasteiger charge is -2.26. The maximum absolute atomic E-state index is 13.8. The van der Waals surface area contributed by atoms with Crippen LogP contribution in [0.4, 0.5) is 10.2 Å². The quantitative estimate of drug-likeness (QED) is 0.445. The van der Waals surface area contributed by atoms with Gasteiger partial charge in [-0.3, -0.25) is 4.79 Å². The SMILES string of the molecule is N#Cc1cc2ccc(-c3cnc4ccc(N5CCCC5c5cccc(F)c5)nn34)nc2[nH]c1=O. The smallest absolute Gasteiger partial charge is 0.267 e. The molecule has 6 rings (SSSR count). The largest absolute Gasteiger partial charge is 0.348 e. The number of hydrogen-bond acceptors (Lipinski definition) is 6. The summed E-state index contributed by atoms with van der Waals surface area (Å²) in [6.45, 7) is 0.820. The third-order valence-corrected chi connectivity index (χ3v) is 6.21. The molecule has 0 amide bonds. The summed E-state index contributed by atoms with van der Waals surface area (Å²) < 4.78 is 15.6. The zero-order valence-corrected chi connectivity index (χ0v) is 17.9. The fourth-order valence-electron chi connectivity index (χ4n) is 4.60. The van der Waals surface area contributed by atoms with E-state index in [4.69, 9.17) is 10.4 Å². The Bertz CT molecular complexity index is 1670. The molecule has 1 aliphatic rings. The van der Waals surface area contributed by atoms with Crippen LogP contribution < -0.4 is 10.5 Å². The van der Waals surface area contributed by atoms with Crippen molar-refractivity contribution in [2.45, 2.75) is 18.9 Å².